The predicted octanol–water partition coefficient (Wildman–Crippen LogP) is 2.33. The maximum Gasteiger partial charge on any atom is -0.0395 e. The maximum atomic E-state index is 13.3. The third-order valence-electron chi connectivity index (χ3n) is 8.87. The van der Waals surface area contributed by atoms with Gasteiger partial charge in [-0.1, -0.05) is 20.7 Å². The van der Waals surface area contributed by atoms with Gasteiger partial charge >= 0.3 is 214 Å². The van der Waals surface area contributed by atoms with E-state index in [0.717, 1.165) is 78.8 Å². The molecule has 3 aromatic rings. The van der Waals surface area contributed by atoms with Crippen molar-refractivity contribution < 1.29 is 39.2 Å². The summed E-state index contributed by atoms with van der Waals surface area (Å²) < 4.78 is 8.49. The Kier molecular flexibility index (Phi) is 7.90. The SMILES string of the molecule is CC1=CI=C(C(=O)Nc2cccc(-c3ccc(C(N)=O)c4[nH]c5c(c34)C=CC[C@H]3C(C(O)=[N+]4CCN(C)N[I-]4)=C53)c2C)C=C1C. The van der Waals surface area contributed by atoms with E-state index in [9.17, 15) is 14.7 Å². The number of carbonyl (C=O) groups excluding carboxylic acids is 2. The number of nitrogens with two attached hydrogens (primary N) is 1. The molecule has 1 aromatic heterocycles. The number of allylic oxidation sites excluding steroid dienone is 4. The van der Waals surface area contributed by atoms with Gasteiger partial charge in [-0.25, -0.2) is 0 Å². The van der Waals surface area contributed by atoms with E-state index in [0.29, 0.717) is 17.0 Å². The van der Waals surface area contributed by atoms with Crippen molar-refractivity contribution in [1.82, 2.24) is 13.6 Å². The van der Waals surface area contributed by atoms with Gasteiger partial charge in [0.1, 0.15) is 0 Å². The molecular weight excluding hydrogens is 794 g/mol. The molecule has 7 rings (SSSR count). The summed E-state index contributed by atoms with van der Waals surface area (Å²) in [6, 6.07) is 9.67. The molecule has 0 bridgehead atoms. The zero-order valence-corrected chi connectivity index (χ0v) is 29.7. The quantitative estimate of drug-likeness (QED) is 0.154. The summed E-state index contributed by atoms with van der Waals surface area (Å²) in [4.78, 5) is 29.5. The molecule has 2 aliphatic heterocycles. The number of fused-ring (bicyclic) bond motifs is 5. The van der Waals surface area contributed by atoms with E-state index in [1.807, 2.05) is 45.2 Å². The molecule has 0 saturated carbocycles. The van der Waals surface area contributed by atoms with Crippen LogP contribution in [0.2, 0.25) is 0 Å². The van der Waals surface area contributed by atoms with Crippen LogP contribution >= 0.6 is 20.7 Å². The Labute approximate surface area is 282 Å². The Balaban J connectivity index is 1.34. The van der Waals surface area contributed by atoms with Gasteiger partial charge < -0.3 is 0 Å². The van der Waals surface area contributed by atoms with Gasteiger partial charge in [0, 0.05) is 0 Å². The number of H-pyrrole nitrogens is 1. The molecule has 2 aliphatic carbocycles. The van der Waals surface area contributed by atoms with E-state index in [1.54, 1.807) is 6.07 Å². The summed E-state index contributed by atoms with van der Waals surface area (Å²) in [7, 11) is 2.02. The van der Waals surface area contributed by atoms with E-state index in [2.05, 4.69) is 51.0 Å². The second kappa shape index (κ2) is 11.8. The first-order valence-electron chi connectivity index (χ1n) is 14.7. The van der Waals surface area contributed by atoms with Crippen molar-refractivity contribution in [2.45, 2.75) is 27.2 Å². The summed E-state index contributed by atoms with van der Waals surface area (Å²) in [5.74, 6) is -0.0929. The number of likely N-dealkylation sites (N-methyl/N-ethyl adjacent to an activating group) is 1. The number of primary amides is 1. The van der Waals surface area contributed by atoms with Crippen LogP contribution in [0.4, 0.5) is 5.69 Å². The van der Waals surface area contributed by atoms with Crippen molar-refractivity contribution in [3.63, 3.8) is 0 Å². The monoisotopic (exact) mass is 828 g/mol. The molecule has 1 atom stereocenters. The first kappa shape index (κ1) is 30.3. The van der Waals surface area contributed by atoms with Crippen molar-refractivity contribution in [2.24, 2.45) is 11.7 Å². The number of aromatic amines is 1. The molecule has 45 heavy (non-hydrogen) atoms. The number of aliphatic hydroxyl groups is 1. The summed E-state index contributed by atoms with van der Waals surface area (Å²) in [5, 5.41) is 17.5. The Morgan fingerprint density at radius 2 is 1.98 bits per heavy atom. The summed E-state index contributed by atoms with van der Waals surface area (Å²) >= 11 is -1.05. The zero-order valence-electron chi connectivity index (χ0n) is 25.4. The molecule has 3 heterocycles. The number of hydrogen-bond donors (Lipinski definition) is 5. The van der Waals surface area contributed by atoms with Crippen LogP contribution in [0.1, 0.15) is 47.4 Å². The second-order valence-electron chi connectivity index (χ2n) is 11.7. The molecule has 0 unspecified atom stereocenters. The normalized spacial score (nSPS) is 20.9. The number of nitrogens with zero attached hydrogens (tertiary/aromatic N) is 2. The summed E-state index contributed by atoms with van der Waals surface area (Å²) in [6.07, 6.45) is 7.08. The van der Waals surface area contributed by atoms with E-state index in [4.69, 9.17) is 5.73 Å². The predicted molar refractivity (Wildman–Crippen MR) is 185 cm³/mol. The fourth-order valence-corrected chi connectivity index (χ4v) is 10.4. The zero-order chi connectivity index (χ0) is 31.6. The molecule has 1 fully saturated rings. The summed E-state index contributed by atoms with van der Waals surface area (Å²) in [6.45, 7) is 7.74. The number of carbonyl (C=O) groups is 2. The number of benzene rings is 2. The molecule has 11 heteroatoms. The van der Waals surface area contributed by atoms with Crippen molar-refractivity contribution in [2.75, 3.05) is 25.5 Å². The second-order valence-corrected chi connectivity index (χ2v) is 16.3. The number of anilines is 1. The minimum Gasteiger partial charge on any atom is -0.0465 e. The van der Waals surface area contributed by atoms with Gasteiger partial charge in [0.25, 0.3) is 5.91 Å². The average molecular weight is 828 g/mol. The molecule has 0 radical (unpaired) electrons. The Morgan fingerprint density at radius 1 is 1.16 bits per heavy atom. The van der Waals surface area contributed by atoms with Gasteiger partial charge in [-0.05, 0) is 35.2 Å². The third-order valence-corrected chi connectivity index (χ3v) is 14.1. The van der Waals surface area contributed by atoms with Crippen LogP contribution in [-0.4, -0.2) is 59.2 Å². The van der Waals surface area contributed by atoms with Crippen LogP contribution < -0.4 is 36.4 Å². The first-order valence-corrected chi connectivity index (χ1v) is 19.1. The Morgan fingerprint density at radius 3 is 2.71 bits per heavy atom. The number of aromatic nitrogens is 1. The minimum atomic E-state index is -0.560. The smallest absolute Gasteiger partial charge is 0.0395 e. The van der Waals surface area contributed by atoms with Crippen LogP contribution in [0.3, 0.4) is 0 Å². The van der Waals surface area contributed by atoms with Crippen molar-refractivity contribution in [3.8, 4) is 11.1 Å². The molecule has 232 valence electrons. The van der Waals surface area contributed by atoms with Gasteiger partial charge in [0.15, 0.2) is 0 Å². The topological polar surface area (TPSA) is 126 Å². The largest absolute Gasteiger partial charge is 0.0465 e. The van der Waals surface area contributed by atoms with Gasteiger partial charge in [-0.2, -0.15) is 0 Å². The first-order chi connectivity index (χ1) is 21.6. The fraction of sp³-hybridized carbons (Fsp3) is 0.235. The number of nitrogens with one attached hydrogen (secondary N) is 3. The number of amides is 2. The molecule has 1 saturated heterocycles. The van der Waals surface area contributed by atoms with E-state index in [1.165, 1.54) is 5.57 Å². The van der Waals surface area contributed by atoms with Gasteiger partial charge in [-0.3, -0.25) is 4.79 Å². The number of aliphatic hydroxyl groups excluding tert-OH is 1. The van der Waals surface area contributed by atoms with E-state index in [-0.39, 0.29) is 11.8 Å². The third kappa shape index (κ3) is 5.32. The molecule has 6 N–H and O–H groups in total. The molecule has 9 nitrogen and oxygen atoms in total. The minimum absolute atomic E-state index is 0.0629. The van der Waals surface area contributed by atoms with Crippen LogP contribution in [0.5, 0.6) is 0 Å². The molecule has 2 amide bonds. The Bertz CT molecular complexity index is 2020. The van der Waals surface area contributed by atoms with Crippen LogP contribution in [0.15, 0.2) is 63.3 Å². The Hall–Kier alpha value is -3.40. The van der Waals surface area contributed by atoms with E-state index >= 15 is 0 Å². The van der Waals surface area contributed by atoms with Crippen LogP contribution in [-0.2, 0) is 4.79 Å². The molecule has 4 aliphatic rings. The van der Waals surface area contributed by atoms with Crippen molar-refractivity contribution >= 4 is 70.2 Å². The van der Waals surface area contributed by atoms with Crippen molar-refractivity contribution in [1.29, 1.82) is 0 Å². The standard InChI is InChI=1S/C34H34I2N6O3/c1-17-15-25(35-16-18(17)2)33(44)38-26-10-6-7-20(19(26)3)21-11-12-24(32(37)43)31-27(21)23-9-5-8-22-28(30(23)39-31)29(22)34(45)42-14-13-41(4)40-36-42/h5-7,9-12,15-16,22,39-40,45H,8,13-14H2,1-4H3,(H2,37,43)(H,38,44)/t22-/m1/s1. The number of hydrazine groups is 1. The maximum absolute atomic E-state index is 13.3. The summed E-state index contributed by atoms with van der Waals surface area (Å²) in [5.41, 5.74) is 16.9. The van der Waals surface area contributed by atoms with Gasteiger partial charge in [0.2, 0.25) is 0 Å². The van der Waals surface area contributed by atoms with E-state index < -0.39 is 48.4 Å². The van der Waals surface area contributed by atoms with Gasteiger partial charge in [-0.15, -0.1) is 0 Å². The van der Waals surface area contributed by atoms with Gasteiger partial charge in [0.05, 0.1) is 3.51 Å². The van der Waals surface area contributed by atoms with Crippen LogP contribution in [0, 0.1) is 12.8 Å². The van der Waals surface area contributed by atoms with Crippen molar-refractivity contribution in [3.05, 3.63) is 85.7 Å². The average Bonchev–Trinajstić information content (AvgIpc) is 3.66. The number of rotatable bonds is 5. The number of hydrogen-bond acceptors (Lipinski definition) is 4. The van der Waals surface area contributed by atoms with Crippen LogP contribution in [0.25, 0.3) is 33.7 Å². The molecule has 0 spiro atoms. The molecular formula is C34H34I2N6O3. The molecule has 2 aromatic carbocycles. The number of halogens is 2. The fourth-order valence-electron chi connectivity index (χ4n) is 6.18.